The molecule has 0 aliphatic rings. The van der Waals surface area contributed by atoms with Crippen LogP contribution in [-0.2, 0) is 0 Å². The highest BCUT2D eigenvalue weighted by Crippen LogP contribution is 2.35. The fourth-order valence-electron chi connectivity index (χ4n) is 2.83. The summed E-state index contributed by atoms with van der Waals surface area (Å²) in [5.74, 6) is -0.233. The molecule has 2 aromatic carbocycles. The number of rotatable bonds is 3. The van der Waals surface area contributed by atoms with Crippen molar-refractivity contribution in [2.45, 2.75) is 0 Å². The van der Waals surface area contributed by atoms with Gasteiger partial charge >= 0.3 is 0 Å². The fraction of sp³-hybridized carbons (Fsp3) is 0. The van der Waals surface area contributed by atoms with Gasteiger partial charge in [0.25, 0.3) is 0 Å². The maximum atomic E-state index is 13.3. The fourth-order valence-corrected chi connectivity index (χ4v) is 2.83. The maximum Gasteiger partial charge on any atom is 0.123 e. The number of benzene rings is 2. The molecule has 0 fully saturated rings. The largest absolute Gasteiger partial charge is 0.354 e. The van der Waals surface area contributed by atoms with Crippen molar-refractivity contribution in [1.29, 1.82) is 0 Å². The van der Waals surface area contributed by atoms with Crippen LogP contribution in [0.1, 0.15) is 0 Å². The maximum absolute atomic E-state index is 13.3. The quantitative estimate of drug-likeness (QED) is 0.527. The molecular formula is C21H15FN2. The molecule has 2 heterocycles. The Labute approximate surface area is 139 Å². The van der Waals surface area contributed by atoms with Crippen LogP contribution in [0.4, 0.5) is 4.39 Å². The molecule has 116 valence electrons. The molecule has 4 aromatic rings. The van der Waals surface area contributed by atoms with Crippen LogP contribution in [0.3, 0.4) is 0 Å². The number of aromatic nitrogens is 2. The van der Waals surface area contributed by atoms with Gasteiger partial charge in [0.05, 0.1) is 5.69 Å². The number of nitrogens with one attached hydrogen (secondary N) is 1. The summed E-state index contributed by atoms with van der Waals surface area (Å²) in [5.41, 5.74) is 6.21. The number of H-pyrrole nitrogens is 1. The van der Waals surface area contributed by atoms with Gasteiger partial charge in [0.1, 0.15) is 5.82 Å². The van der Waals surface area contributed by atoms with Crippen molar-refractivity contribution in [3.8, 4) is 33.6 Å². The molecule has 0 saturated heterocycles. The lowest BCUT2D eigenvalue weighted by Crippen LogP contribution is -1.84. The van der Waals surface area contributed by atoms with E-state index in [4.69, 9.17) is 0 Å². The molecule has 0 radical (unpaired) electrons. The number of hydrogen-bond acceptors (Lipinski definition) is 1. The highest BCUT2D eigenvalue weighted by atomic mass is 19.1. The van der Waals surface area contributed by atoms with Gasteiger partial charge in [-0.2, -0.15) is 0 Å². The zero-order chi connectivity index (χ0) is 16.4. The summed E-state index contributed by atoms with van der Waals surface area (Å²) >= 11 is 0. The van der Waals surface area contributed by atoms with Gasteiger partial charge in [0, 0.05) is 29.2 Å². The van der Waals surface area contributed by atoms with E-state index >= 15 is 0 Å². The Balaban J connectivity index is 1.90. The van der Waals surface area contributed by atoms with Gasteiger partial charge in [-0.15, -0.1) is 0 Å². The zero-order valence-corrected chi connectivity index (χ0v) is 12.9. The van der Waals surface area contributed by atoms with Gasteiger partial charge in [-0.05, 0) is 41.5 Å². The molecule has 24 heavy (non-hydrogen) atoms. The Kier molecular flexibility index (Phi) is 3.67. The standard InChI is InChI=1S/C21H15FN2/c22-18-8-6-15(7-9-18)19-14-20(16-4-2-1-3-5-16)24-21(19)17-10-12-23-13-11-17/h1-14,24H. The van der Waals surface area contributed by atoms with Gasteiger partial charge in [-0.3, -0.25) is 4.98 Å². The molecule has 2 aromatic heterocycles. The number of aromatic amines is 1. The van der Waals surface area contributed by atoms with Gasteiger partial charge < -0.3 is 4.98 Å². The molecule has 2 nitrogen and oxygen atoms in total. The van der Waals surface area contributed by atoms with E-state index in [1.54, 1.807) is 24.5 Å². The van der Waals surface area contributed by atoms with Crippen LogP contribution in [0, 0.1) is 5.82 Å². The van der Waals surface area contributed by atoms with Crippen LogP contribution in [0.25, 0.3) is 33.6 Å². The lowest BCUT2D eigenvalue weighted by atomic mass is 10.0. The summed E-state index contributed by atoms with van der Waals surface area (Å²) in [7, 11) is 0. The van der Waals surface area contributed by atoms with Crippen LogP contribution in [0.5, 0.6) is 0 Å². The van der Waals surface area contributed by atoms with Crippen molar-refractivity contribution >= 4 is 0 Å². The van der Waals surface area contributed by atoms with Crippen molar-refractivity contribution in [1.82, 2.24) is 9.97 Å². The SMILES string of the molecule is Fc1ccc(-c2cc(-c3ccccc3)[nH]c2-c2ccncc2)cc1. The highest BCUT2D eigenvalue weighted by molar-refractivity contribution is 5.85. The van der Waals surface area contributed by atoms with E-state index in [-0.39, 0.29) is 5.82 Å². The van der Waals surface area contributed by atoms with Crippen LogP contribution in [-0.4, -0.2) is 9.97 Å². The monoisotopic (exact) mass is 314 g/mol. The van der Waals surface area contributed by atoms with Crippen molar-refractivity contribution < 1.29 is 4.39 Å². The number of halogens is 1. The van der Waals surface area contributed by atoms with E-state index in [0.29, 0.717) is 0 Å². The van der Waals surface area contributed by atoms with Crippen LogP contribution < -0.4 is 0 Å². The topological polar surface area (TPSA) is 28.7 Å². The van der Waals surface area contributed by atoms with Crippen molar-refractivity contribution in [3.05, 3.63) is 91.0 Å². The van der Waals surface area contributed by atoms with Gasteiger partial charge in [-0.25, -0.2) is 4.39 Å². The van der Waals surface area contributed by atoms with Gasteiger partial charge in [0.2, 0.25) is 0 Å². The van der Waals surface area contributed by atoms with Crippen LogP contribution in [0.15, 0.2) is 85.2 Å². The summed E-state index contributed by atoms with van der Waals surface area (Å²) < 4.78 is 13.3. The third-order valence-electron chi connectivity index (χ3n) is 4.03. The molecule has 0 unspecified atom stereocenters. The Morgan fingerprint density at radius 3 is 2.12 bits per heavy atom. The summed E-state index contributed by atoms with van der Waals surface area (Å²) in [4.78, 5) is 7.59. The van der Waals surface area contributed by atoms with E-state index in [0.717, 1.165) is 33.6 Å². The van der Waals surface area contributed by atoms with E-state index in [2.05, 4.69) is 28.2 Å². The Morgan fingerprint density at radius 1 is 0.708 bits per heavy atom. The van der Waals surface area contributed by atoms with E-state index < -0.39 is 0 Å². The Morgan fingerprint density at radius 2 is 1.42 bits per heavy atom. The van der Waals surface area contributed by atoms with Crippen molar-refractivity contribution in [3.63, 3.8) is 0 Å². The van der Waals surface area contributed by atoms with Crippen molar-refractivity contribution in [2.24, 2.45) is 0 Å². The second kappa shape index (κ2) is 6.13. The average molecular weight is 314 g/mol. The molecular weight excluding hydrogens is 299 g/mol. The molecule has 0 aliphatic carbocycles. The smallest absolute Gasteiger partial charge is 0.123 e. The Bertz CT molecular complexity index is 942. The first kappa shape index (κ1) is 14.4. The number of pyridine rings is 1. The molecule has 0 atom stereocenters. The minimum Gasteiger partial charge on any atom is -0.354 e. The zero-order valence-electron chi connectivity index (χ0n) is 12.9. The molecule has 0 spiro atoms. The number of hydrogen-bond donors (Lipinski definition) is 1. The molecule has 0 aliphatic heterocycles. The van der Waals surface area contributed by atoms with Crippen LogP contribution >= 0.6 is 0 Å². The van der Waals surface area contributed by atoms with Crippen LogP contribution in [0.2, 0.25) is 0 Å². The predicted molar refractivity (Wildman–Crippen MR) is 94.9 cm³/mol. The molecule has 0 saturated carbocycles. The minimum atomic E-state index is -0.233. The second-order valence-corrected chi connectivity index (χ2v) is 5.58. The van der Waals surface area contributed by atoms with Crippen molar-refractivity contribution in [2.75, 3.05) is 0 Å². The normalized spacial score (nSPS) is 10.7. The molecule has 3 heteroatoms. The highest BCUT2D eigenvalue weighted by Gasteiger charge is 2.13. The van der Waals surface area contributed by atoms with E-state index in [1.807, 2.05) is 30.3 Å². The molecule has 0 bridgehead atoms. The lowest BCUT2D eigenvalue weighted by molar-refractivity contribution is 0.628. The molecule has 0 amide bonds. The molecule has 1 N–H and O–H groups in total. The summed E-state index contributed by atoms with van der Waals surface area (Å²) in [6.07, 6.45) is 3.54. The Hall–Kier alpha value is -3.20. The van der Waals surface area contributed by atoms with Gasteiger partial charge in [0.15, 0.2) is 0 Å². The average Bonchev–Trinajstić information content (AvgIpc) is 3.09. The minimum absolute atomic E-state index is 0.233. The summed E-state index contributed by atoms with van der Waals surface area (Å²) in [6, 6.07) is 22.8. The lowest BCUT2D eigenvalue weighted by Gasteiger charge is -2.04. The second-order valence-electron chi connectivity index (χ2n) is 5.58. The first-order valence-electron chi connectivity index (χ1n) is 7.76. The first-order chi connectivity index (χ1) is 11.8. The molecule has 4 rings (SSSR count). The van der Waals surface area contributed by atoms with E-state index in [9.17, 15) is 4.39 Å². The first-order valence-corrected chi connectivity index (χ1v) is 7.76. The summed E-state index contributed by atoms with van der Waals surface area (Å²) in [6.45, 7) is 0. The third-order valence-corrected chi connectivity index (χ3v) is 4.03. The third kappa shape index (κ3) is 2.72. The van der Waals surface area contributed by atoms with E-state index in [1.165, 1.54) is 12.1 Å². The number of nitrogens with zero attached hydrogens (tertiary/aromatic N) is 1. The predicted octanol–water partition coefficient (Wildman–Crippen LogP) is 5.55. The van der Waals surface area contributed by atoms with Gasteiger partial charge in [-0.1, -0.05) is 42.5 Å². The summed E-state index contributed by atoms with van der Waals surface area (Å²) in [5, 5.41) is 0.